The van der Waals surface area contributed by atoms with Crippen LogP contribution in [0.15, 0.2) is 35.2 Å². The lowest BCUT2D eigenvalue weighted by Gasteiger charge is -2.34. The molecule has 1 aliphatic carbocycles. The van der Waals surface area contributed by atoms with Crippen molar-refractivity contribution in [1.29, 1.82) is 0 Å². The van der Waals surface area contributed by atoms with Gasteiger partial charge in [0.25, 0.3) is 0 Å². The molecule has 0 aromatic heterocycles. The predicted octanol–water partition coefficient (Wildman–Crippen LogP) is 1.48. The summed E-state index contributed by atoms with van der Waals surface area (Å²) in [6, 6.07) is 5.10. The maximum Gasteiger partial charge on any atom is 0.243 e. The highest BCUT2D eigenvalue weighted by Crippen LogP contribution is 2.35. The summed E-state index contributed by atoms with van der Waals surface area (Å²) in [6.45, 7) is 4.93. The van der Waals surface area contributed by atoms with Gasteiger partial charge in [0, 0.05) is 39.1 Å². The average molecular weight is 460 g/mol. The normalized spacial score (nSPS) is 24.2. The van der Waals surface area contributed by atoms with Crippen LogP contribution < -0.4 is 0 Å². The third-order valence-electron chi connectivity index (χ3n) is 6.86. The Labute approximate surface area is 188 Å². The van der Waals surface area contributed by atoms with E-state index in [0.717, 1.165) is 11.1 Å². The van der Waals surface area contributed by atoms with Crippen LogP contribution in [0.25, 0.3) is 0 Å². The number of sulfonamides is 1. The van der Waals surface area contributed by atoms with Crippen LogP contribution in [0.2, 0.25) is 0 Å². The van der Waals surface area contributed by atoms with Gasteiger partial charge in [-0.15, -0.1) is 0 Å². The van der Waals surface area contributed by atoms with E-state index in [-0.39, 0.29) is 60.5 Å². The Morgan fingerprint density at radius 3 is 2.09 bits per heavy atom. The molecule has 1 aromatic carbocycles. The van der Waals surface area contributed by atoms with E-state index in [4.69, 9.17) is 0 Å². The van der Waals surface area contributed by atoms with E-state index in [2.05, 4.69) is 0 Å². The van der Waals surface area contributed by atoms with E-state index >= 15 is 0 Å². The fourth-order valence-electron chi connectivity index (χ4n) is 4.66. The fourth-order valence-corrected chi connectivity index (χ4v) is 6.16. The minimum absolute atomic E-state index is 0.0637. The number of benzene rings is 1. The summed E-state index contributed by atoms with van der Waals surface area (Å²) in [5, 5.41) is 0. The first-order valence-corrected chi connectivity index (χ1v) is 12.5. The van der Waals surface area contributed by atoms with E-state index in [1.165, 1.54) is 9.21 Å². The summed E-state index contributed by atoms with van der Waals surface area (Å²) < 4.78 is 27.3. The van der Waals surface area contributed by atoms with Gasteiger partial charge in [-0.05, 0) is 49.9 Å². The molecule has 2 saturated heterocycles. The molecule has 0 radical (unpaired) electrons. The highest BCUT2D eigenvalue weighted by Gasteiger charge is 2.47. The van der Waals surface area contributed by atoms with Crippen molar-refractivity contribution in [2.75, 3.05) is 32.7 Å². The third kappa shape index (κ3) is 4.11. The number of piperazine rings is 1. The number of fused-ring (bicyclic) bond motifs is 1. The van der Waals surface area contributed by atoms with Gasteiger partial charge in [-0.1, -0.05) is 18.2 Å². The van der Waals surface area contributed by atoms with Gasteiger partial charge in [-0.25, -0.2) is 8.42 Å². The Balaban J connectivity index is 1.31. The second-order valence-corrected chi connectivity index (χ2v) is 10.7. The first-order chi connectivity index (χ1) is 15.2. The van der Waals surface area contributed by atoms with Crippen molar-refractivity contribution in [3.05, 3.63) is 41.5 Å². The molecule has 0 spiro atoms. The number of imide groups is 1. The molecule has 172 valence electrons. The van der Waals surface area contributed by atoms with Crippen LogP contribution in [-0.2, 0) is 24.4 Å². The second kappa shape index (κ2) is 8.78. The van der Waals surface area contributed by atoms with Gasteiger partial charge in [0.05, 0.1) is 16.7 Å². The molecule has 4 rings (SSSR count). The first-order valence-electron chi connectivity index (χ1n) is 11.1. The van der Waals surface area contributed by atoms with E-state index < -0.39 is 10.0 Å². The molecule has 3 aliphatic rings. The number of hydrogen-bond acceptors (Lipinski definition) is 5. The number of carbonyl (C=O) groups excluding carboxylic acids is 3. The van der Waals surface area contributed by atoms with E-state index in [0.29, 0.717) is 25.9 Å². The Morgan fingerprint density at radius 2 is 1.53 bits per heavy atom. The van der Waals surface area contributed by atoms with Gasteiger partial charge < -0.3 is 4.90 Å². The minimum Gasteiger partial charge on any atom is -0.340 e. The van der Waals surface area contributed by atoms with Crippen LogP contribution in [0, 0.1) is 25.7 Å². The highest BCUT2D eigenvalue weighted by molar-refractivity contribution is 7.89. The van der Waals surface area contributed by atoms with Crippen molar-refractivity contribution in [2.24, 2.45) is 11.8 Å². The zero-order valence-corrected chi connectivity index (χ0v) is 19.3. The monoisotopic (exact) mass is 459 g/mol. The molecular weight excluding hydrogens is 430 g/mol. The summed E-state index contributed by atoms with van der Waals surface area (Å²) in [5.41, 5.74) is 1.95. The van der Waals surface area contributed by atoms with Gasteiger partial charge in [0.2, 0.25) is 27.7 Å². The standard InChI is InChI=1S/C23H29N3O5S/c1-16-7-8-18(15-17(16)2)32(30,31)25-13-11-24(12-14-25)21(27)9-10-26-22(28)19-5-3-4-6-20(19)23(26)29/h3-4,7-8,15,19-20H,5-6,9-14H2,1-2H3/t19-,20-/m0/s1. The van der Waals surface area contributed by atoms with E-state index in [1.54, 1.807) is 23.1 Å². The van der Waals surface area contributed by atoms with Gasteiger partial charge in [0.1, 0.15) is 0 Å². The van der Waals surface area contributed by atoms with Crippen LogP contribution in [0.4, 0.5) is 0 Å². The molecule has 32 heavy (non-hydrogen) atoms. The van der Waals surface area contributed by atoms with Gasteiger partial charge in [-0.2, -0.15) is 4.31 Å². The molecule has 0 N–H and O–H groups in total. The summed E-state index contributed by atoms with van der Waals surface area (Å²) in [5.74, 6) is -1.10. The van der Waals surface area contributed by atoms with Crippen molar-refractivity contribution >= 4 is 27.7 Å². The largest absolute Gasteiger partial charge is 0.340 e. The second-order valence-electron chi connectivity index (χ2n) is 8.76. The molecule has 0 bridgehead atoms. The Kier molecular flexibility index (Phi) is 6.22. The van der Waals surface area contributed by atoms with E-state index in [1.807, 2.05) is 26.0 Å². The predicted molar refractivity (Wildman–Crippen MR) is 118 cm³/mol. The maximum absolute atomic E-state index is 13.0. The zero-order chi connectivity index (χ0) is 23.0. The molecule has 2 fully saturated rings. The number of amides is 3. The van der Waals surface area contributed by atoms with Crippen LogP contribution in [0.3, 0.4) is 0 Å². The molecule has 1 aromatic rings. The first kappa shape index (κ1) is 22.7. The van der Waals surface area contributed by atoms with Crippen molar-refractivity contribution in [2.45, 2.75) is 38.0 Å². The molecule has 0 unspecified atom stereocenters. The molecule has 2 atom stereocenters. The van der Waals surface area contributed by atoms with Crippen molar-refractivity contribution in [1.82, 2.24) is 14.1 Å². The summed E-state index contributed by atoms with van der Waals surface area (Å²) in [7, 11) is -3.61. The molecule has 2 heterocycles. The van der Waals surface area contributed by atoms with Crippen molar-refractivity contribution in [3.8, 4) is 0 Å². The van der Waals surface area contributed by atoms with E-state index in [9.17, 15) is 22.8 Å². The van der Waals surface area contributed by atoms with Gasteiger partial charge in [-0.3, -0.25) is 19.3 Å². The molecule has 9 heteroatoms. The highest BCUT2D eigenvalue weighted by atomic mass is 32.2. The third-order valence-corrected chi connectivity index (χ3v) is 8.75. The summed E-state index contributed by atoms with van der Waals surface area (Å²) >= 11 is 0. The summed E-state index contributed by atoms with van der Waals surface area (Å²) in [4.78, 5) is 40.9. The SMILES string of the molecule is Cc1ccc(S(=O)(=O)N2CCN(C(=O)CCN3C(=O)[C@H]4CC=CC[C@@H]4C3=O)CC2)cc1C. The fraction of sp³-hybridized carbons (Fsp3) is 0.522. The topological polar surface area (TPSA) is 95.1 Å². The van der Waals surface area contributed by atoms with Crippen molar-refractivity contribution < 1.29 is 22.8 Å². The number of likely N-dealkylation sites (tertiary alicyclic amines) is 1. The smallest absolute Gasteiger partial charge is 0.243 e. The molecule has 2 aliphatic heterocycles. The molecular formula is C23H29N3O5S. The Morgan fingerprint density at radius 1 is 0.938 bits per heavy atom. The lowest BCUT2D eigenvalue weighted by Crippen LogP contribution is -2.51. The molecule has 8 nitrogen and oxygen atoms in total. The van der Waals surface area contributed by atoms with Crippen LogP contribution in [0.5, 0.6) is 0 Å². The number of carbonyl (C=O) groups is 3. The van der Waals surface area contributed by atoms with Gasteiger partial charge in [0.15, 0.2) is 0 Å². The minimum atomic E-state index is -3.61. The Hall–Kier alpha value is -2.52. The quantitative estimate of drug-likeness (QED) is 0.491. The van der Waals surface area contributed by atoms with Gasteiger partial charge >= 0.3 is 0 Å². The molecule has 3 amide bonds. The lowest BCUT2D eigenvalue weighted by atomic mass is 9.85. The lowest BCUT2D eigenvalue weighted by molar-refractivity contribution is -0.141. The van der Waals surface area contributed by atoms with Crippen LogP contribution in [-0.4, -0.2) is 73.0 Å². The number of hydrogen-bond donors (Lipinski definition) is 0. The molecule has 0 saturated carbocycles. The number of allylic oxidation sites excluding steroid dienone is 2. The Bertz CT molecular complexity index is 1050. The average Bonchev–Trinajstić information content (AvgIpc) is 3.04. The summed E-state index contributed by atoms with van der Waals surface area (Å²) in [6.07, 6.45) is 5.10. The number of rotatable bonds is 5. The van der Waals surface area contributed by atoms with Crippen LogP contribution >= 0.6 is 0 Å². The number of aryl methyl sites for hydroxylation is 2. The maximum atomic E-state index is 13.0. The van der Waals surface area contributed by atoms with Crippen molar-refractivity contribution in [3.63, 3.8) is 0 Å². The van der Waals surface area contributed by atoms with Crippen LogP contribution in [0.1, 0.15) is 30.4 Å². The number of nitrogens with zero attached hydrogens (tertiary/aromatic N) is 3. The zero-order valence-electron chi connectivity index (χ0n) is 18.5.